The van der Waals surface area contributed by atoms with Crippen molar-refractivity contribution in [3.05, 3.63) is 35.9 Å². The number of hydrogen-bond acceptors (Lipinski definition) is 8. The molecule has 1 unspecified atom stereocenters. The van der Waals surface area contributed by atoms with E-state index in [1.165, 1.54) is 0 Å². The number of esters is 3. The molecule has 0 aliphatic heterocycles. The predicted molar refractivity (Wildman–Crippen MR) is 110 cm³/mol. The molecule has 0 spiro atoms. The molecule has 1 aromatic carbocycles. The smallest absolute Gasteiger partial charge is 0.352 e. The molecule has 1 aromatic rings. The highest BCUT2D eigenvalue weighted by Gasteiger charge is 2.55. The Hall–Kier alpha value is -2.45. The molecule has 0 amide bonds. The lowest BCUT2D eigenvalue weighted by atomic mass is 9.90. The summed E-state index contributed by atoms with van der Waals surface area (Å²) in [6, 6.07) is 7.82. The van der Waals surface area contributed by atoms with Crippen LogP contribution in [-0.2, 0) is 39.9 Å². The minimum Gasteiger partial charge on any atom is -0.463 e. The second kappa shape index (κ2) is 11.7. The van der Waals surface area contributed by atoms with Gasteiger partial charge in [0.05, 0.1) is 25.9 Å². The van der Waals surface area contributed by atoms with Crippen molar-refractivity contribution in [3.8, 4) is 0 Å². The summed E-state index contributed by atoms with van der Waals surface area (Å²) in [7, 11) is 0. The molecule has 2 N–H and O–H groups in total. The van der Waals surface area contributed by atoms with Crippen LogP contribution in [0.1, 0.15) is 53.0 Å². The zero-order valence-corrected chi connectivity index (χ0v) is 18.4. The van der Waals surface area contributed by atoms with Gasteiger partial charge in [0, 0.05) is 6.42 Å². The second-order valence-corrected chi connectivity index (χ2v) is 7.68. The van der Waals surface area contributed by atoms with Crippen molar-refractivity contribution in [1.29, 1.82) is 0 Å². The van der Waals surface area contributed by atoms with Crippen LogP contribution < -0.4 is 5.73 Å². The Morgan fingerprint density at radius 3 is 1.97 bits per heavy atom. The van der Waals surface area contributed by atoms with Gasteiger partial charge in [0.2, 0.25) is 0 Å². The summed E-state index contributed by atoms with van der Waals surface area (Å²) < 4.78 is 21.3. The maximum Gasteiger partial charge on any atom is 0.352 e. The van der Waals surface area contributed by atoms with Crippen LogP contribution in [0.2, 0.25) is 0 Å². The number of rotatable bonds is 11. The molecule has 168 valence electrons. The monoisotopic (exact) mass is 423 g/mol. The molecule has 0 bridgehead atoms. The number of carbonyl (C=O) groups is 3. The number of hydrogen-bond donors (Lipinski definition) is 1. The fraction of sp³-hybridized carbons (Fsp3) is 0.591. The van der Waals surface area contributed by atoms with Gasteiger partial charge in [-0.1, -0.05) is 30.3 Å². The van der Waals surface area contributed by atoms with Crippen molar-refractivity contribution >= 4 is 17.9 Å². The minimum absolute atomic E-state index is 0.0213. The van der Waals surface area contributed by atoms with Crippen LogP contribution >= 0.6 is 0 Å². The molecule has 0 aliphatic rings. The molecule has 0 saturated carbocycles. The Bertz CT molecular complexity index is 679. The molecule has 8 heteroatoms. The van der Waals surface area contributed by atoms with E-state index in [4.69, 9.17) is 24.7 Å². The van der Waals surface area contributed by atoms with E-state index in [1.807, 2.05) is 6.07 Å². The van der Waals surface area contributed by atoms with Gasteiger partial charge in [-0.05, 0) is 46.6 Å². The Balaban J connectivity index is 3.14. The van der Waals surface area contributed by atoms with Crippen LogP contribution in [0.3, 0.4) is 0 Å². The third kappa shape index (κ3) is 7.42. The number of benzene rings is 1. The van der Waals surface area contributed by atoms with E-state index in [-0.39, 0.29) is 32.7 Å². The summed E-state index contributed by atoms with van der Waals surface area (Å²) in [5.74, 6) is -2.39. The average molecular weight is 424 g/mol. The summed E-state index contributed by atoms with van der Waals surface area (Å²) in [6.45, 7) is 8.42. The summed E-state index contributed by atoms with van der Waals surface area (Å²) in [6.07, 6.45) is -0.144. The van der Waals surface area contributed by atoms with E-state index in [9.17, 15) is 14.4 Å². The van der Waals surface area contributed by atoms with Crippen molar-refractivity contribution in [1.82, 2.24) is 0 Å². The van der Waals surface area contributed by atoms with E-state index in [2.05, 4.69) is 0 Å². The van der Waals surface area contributed by atoms with Crippen molar-refractivity contribution in [2.75, 3.05) is 13.2 Å². The Labute approximate surface area is 178 Å². The number of ether oxygens (including phenoxy) is 4. The molecule has 0 aromatic heterocycles. The maximum atomic E-state index is 12.9. The molecule has 0 heterocycles. The Morgan fingerprint density at radius 2 is 1.50 bits per heavy atom. The molecule has 1 atom stereocenters. The number of carbonyl (C=O) groups excluding carboxylic acids is 3. The minimum atomic E-state index is -2.20. The van der Waals surface area contributed by atoms with Crippen LogP contribution in [0, 0.1) is 0 Å². The average Bonchev–Trinajstić information content (AvgIpc) is 2.67. The molecule has 0 saturated heterocycles. The fourth-order valence-electron chi connectivity index (χ4n) is 2.73. The van der Waals surface area contributed by atoms with Gasteiger partial charge in [-0.15, -0.1) is 0 Å². The first kappa shape index (κ1) is 25.6. The van der Waals surface area contributed by atoms with Crippen molar-refractivity contribution < 1.29 is 33.3 Å². The largest absolute Gasteiger partial charge is 0.463 e. The molecule has 0 radical (unpaired) electrons. The SMILES string of the molecule is CCOC(=O)C(OCc1ccccc1)(C(=O)OCC)C(N)CCC(=O)OC(C)(C)C. The highest BCUT2D eigenvalue weighted by atomic mass is 16.6. The van der Waals surface area contributed by atoms with Crippen LogP contribution in [0.5, 0.6) is 0 Å². The van der Waals surface area contributed by atoms with Crippen molar-refractivity contribution in [2.24, 2.45) is 5.73 Å². The van der Waals surface area contributed by atoms with Crippen LogP contribution in [0.15, 0.2) is 30.3 Å². The van der Waals surface area contributed by atoms with Gasteiger partial charge in [0.25, 0.3) is 5.60 Å². The second-order valence-electron chi connectivity index (χ2n) is 7.68. The zero-order valence-electron chi connectivity index (χ0n) is 18.4. The first-order chi connectivity index (χ1) is 14.1. The van der Waals surface area contributed by atoms with Crippen LogP contribution in [0.4, 0.5) is 0 Å². The third-order valence-corrected chi connectivity index (χ3v) is 4.07. The Kier molecular flexibility index (Phi) is 9.95. The van der Waals surface area contributed by atoms with Crippen LogP contribution in [-0.4, -0.2) is 48.4 Å². The molecule has 1 rings (SSSR count). The highest BCUT2D eigenvalue weighted by Crippen LogP contribution is 2.26. The van der Waals surface area contributed by atoms with Crippen LogP contribution in [0.25, 0.3) is 0 Å². The summed E-state index contributed by atoms with van der Waals surface area (Å²) in [4.78, 5) is 37.9. The number of nitrogens with two attached hydrogens (primary N) is 1. The molecule has 0 aliphatic carbocycles. The molecular formula is C22H33NO7. The predicted octanol–water partition coefficient (Wildman–Crippen LogP) is 2.52. The van der Waals surface area contributed by atoms with Gasteiger partial charge in [0.1, 0.15) is 5.60 Å². The van der Waals surface area contributed by atoms with E-state index >= 15 is 0 Å². The molecule has 0 fully saturated rings. The van der Waals surface area contributed by atoms with Gasteiger partial charge in [-0.3, -0.25) is 4.79 Å². The maximum absolute atomic E-state index is 12.9. The molecule has 8 nitrogen and oxygen atoms in total. The van der Waals surface area contributed by atoms with E-state index < -0.39 is 35.2 Å². The summed E-state index contributed by atoms with van der Waals surface area (Å²) in [5.41, 5.74) is 4.12. The first-order valence-electron chi connectivity index (χ1n) is 10.1. The van der Waals surface area contributed by atoms with E-state index in [0.717, 1.165) is 5.56 Å². The molecular weight excluding hydrogens is 390 g/mol. The standard InChI is InChI=1S/C22H33NO7/c1-6-27-19(25)22(20(26)28-7-2,29-15-16-11-9-8-10-12-16)17(23)13-14-18(24)30-21(3,4)5/h8-12,17H,6-7,13-15,23H2,1-5H3. The lowest BCUT2D eigenvalue weighted by Gasteiger charge is -2.34. The van der Waals surface area contributed by atoms with Gasteiger partial charge >= 0.3 is 17.9 Å². The molecule has 30 heavy (non-hydrogen) atoms. The first-order valence-corrected chi connectivity index (χ1v) is 10.1. The van der Waals surface area contributed by atoms with Gasteiger partial charge < -0.3 is 24.7 Å². The zero-order chi connectivity index (χ0) is 22.8. The van der Waals surface area contributed by atoms with E-state index in [0.29, 0.717) is 0 Å². The summed E-state index contributed by atoms with van der Waals surface area (Å²) >= 11 is 0. The topological polar surface area (TPSA) is 114 Å². The quantitative estimate of drug-likeness (QED) is 0.328. The lowest BCUT2D eigenvalue weighted by Crippen LogP contribution is -2.62. The summed E-state index contributed by atoms with van der Waals surface area (Å²) in [5, 5.41) is 0. The third-order valence-electron chi connectivity index (χ3n) is 4.07. The van der Waals surface area contributed by atoms with Gasteiger partial charge in [0.15, 0.2) is 0 Å². The van der Waals surface area contributed by atoms with Crippen molar-refractivity contribution in [2.45, 2.75) is 71.3 Å². The van der Waals surface area contributed by atoms with Gasteiger partial charge in [-0.25, -0.2) is 9.59 Å². The highest BCUT2D eigenvalue weighted by molar-refractivity contribution is 6.04. The normalized spacial score (nSPS) is 12.7. The van der Waals surface area contributed by atoms with Crippen molar-refractivity contribution in [3.63, 3.8) is 0 Å². The van der Waals surface area contributed by atoms with E-state index in [1.54, 1.807) is 58.9 Å². The fourth-order valence-corrected chi connectivity index (χ4v) is 2.73. The Morgan fingerprint density at radius 1 is 0.967 bits per heavy atom. The van der Waals surface area contributed by atoms with Gasteiger partial charge in [-0.2, -0.15) is 0 Å². The lowest BCUT2D eigenvalue weighted by molar-refractivity contribution is -0.196.